The summed E-state index contributed by atoms with van der Waals surface area (Å²) in [6.45, 7) is 6.50. The third-order valence-corrected chi connectivity index (χ3v) is 3.44. The minimum atomic E-state index is -0.0160. The molecule has 0 spiro atoms. The van der Waals surface area contributed by atoms with Crippen molar-refractivity contribution in [2.45, 2.75) is 39.0 Å². The summed E-state index contributed by atoms with van der Waals surface area (Å²) in [4.78, 5) is 18.6. The second kappa shape index (κ2) is 6.16. The van der Waals surface area contributed by atoms with Gasteiger partial charge in [-0.2, -0.15) is 0 Å². The van der Waals surface area contributed by atoms with Crippen LogP contribution in [-0.4, -0.2) is 52.2 Å². The first-order chi connectivity index (χ1) is 9.15. The number of carbonyl (C=O) groups excluding carboxylic acids is 1. The number of ether oxygens (including phenoxy) is 1. The molecule has 1 aliphatic heterocycles. The molecule has 1 amide bonds. The van der Waals surface area contributed by atoms with Gasteiger partial charge in [0.05, 0.1) is 25.1 Å². The quantitative estimate of drug-likeness (QED) is 0.860. The molecule has 2 rings (SSSR count). The van der Waals surface area contributed by atoms with Gasteiger partial charge >= 0.3 is 0 Å². The highest BCUT2D eigenvalue weighted by molar-refractivity contribution is 5.92. The van der Waals surface area contributed by atoms with E-state index in [9.17, 15) is 4.79 Å². The molecule has 0 aromatic carbocycles. The summed E-state index contributed by atoms with van der Waals surface area (Å²) in [5.74, 6) is -0.0160. The Morgan fingerprint density at radius 1 is 1.63 bits per heavy atom. The first kappa shape index (κ1) is 14.0. The first-order valence-electron chi connectivity index (χ1n) is 6.80. The number of hydrogen-bond acceptors (Lipinski definition) is 4. The SMILES string of the molecule is CCC1COC(C)CN1C(=O)c1cn(CCN)cn1. The summed E-state index contributed by atoms with van der Waals surface area (Å²) < 4.78 is 7.45. The maximum atomic E-state index is 12.5. The van der Waals surface area contributed by atoms with Gasteiger partial charge in [0.2, 0.25) is 0 Å². The summed E-state index contributed by atoms with van der Waals surface area (Å²) in [5, 5.41) is 0. The van der Waals surface area contributed by atoms with E-state index in [2.05, 4.69) is 11.9 Å². The van der Waals surface area contributed by atoms with Gasteiger partial charge < -0.3 is 19.9 Å². The van der Waals surface area contributed by atoms with Gasteiger partial charge in [-0.1, -0.05) is 6.92 Å². The highest BCUT2D eigenvalue weighted by Crippen LogP contribution is 2.17. The lowest BCUT2D eigenvalue weighted by Gasteiger charge is -2.37. The molecule has 0 saturated carbocycles. The molecule has 19 heavy (non-hydrogen) atoms. The van der Waals surface area contributed by atoms with Crippen LogP contribution in [0.2, 0.25) is 0 Å². The van der Waals surface area contributed by atoms with Gasteiger partial charge in [0.25, 0.3) is 5.91 Å². The molecule has 6 nitrogen and oxygen atoms in total. The number of rotatable bonds is 4. The molecule has 2 unspecified atom stereocenters. The maximum absolute atomic E-state index is 12.5. The van der Waals surface area contributed by atoms with Crippen LogP contribution in [-0.2, 0) is 11.3 Å². The van der Waals surface area contributed by atoms with Crippen LogP contribution < -0.4 is 5.73 Å². The summed E-state index contributed by atoms with van der Waals surface area (Å²) >= 11 is 0. The number of nitrogens with two attached hydrogens (primary N) is 1. The van der Waals surface area contributed by atoms with Crippen LogP contribution in [0.15, 0.2) is 12.5 Å². The molecule has 2 heterocycles. The Labute approximate surface area is 113 Å². The Morgan fingerprint density at radius 2 is 2.42 bits per heavy atom. The Hall–Kier alpha value is -1.40. The fourth-order valence-electron chi connectivity index (χ4n) is 2.32. The van der Waals surface area contributed by atoms with Gasteiger partial charge in [0.1, 0.15) is 5.69 Å². The van der Waals surface area contributed by atoms with Crippen LogP contribution in [0.5, 0.6) is 0 Å². The van der Waals surface area contributed by atoms with Crippen molar-refractivity contribution in [3.05, 3.63) is 18.2 Å². The zero-order chi connectivity index (χ0) is 13.8. The van der Waals surface area contributed by atoms with Crippen molar-refractivity contribution >= 4 is 5.91 Å². The number of nitrogens with zero attached hydrogens (tertiary/aromatic N) is 3. The third-order valence-electron chi connectivity index (χ3n) is 3.44. The minimum Gasteiger partial charge on any atom is -0.375 e. The Kier molecular flexibility index (Phi) is 4.55. The zero-order valence-electron chi connectivity index (χ0n) is 11.6. The Morgan fingerprint density at radius 3 is 3.11 bits per heavy atom. The largest absolute Gasteiger partial charge is 0.375 e. The van der Waals surface area contributed by atoms with E-state index in [0.29, 0.717) is 31.9 Å². The molecule has 2 N–H and O–H groups in total. The normalized spacial score (nSPS) is 23.6. The highest BCUT2D eigenvalue weighted by Gasteiger charge is 2.30. The summed E-state index contributed by atoms with van der Waals surface area (Å²) in [7, 11) is 0. The topological polar surface area (TPSA) is 73.4 Å². The lowest BCUT2D eigenvalue weighted by Crippen LogP contribution is -2.51. The molecule has 1 saturated heterocycles. The van der Waals surface area contributed by atoms with Crippen molar-refractivity contribution < 1.29 is 9.53 Å². The highest BCUT2D eigenvalue weighted by atomic mass is 16.5. The molecule has 6 heteroatoms. The minimum absolute atomic E-state index is 0.0160. The van der Waals surface area contributed by atoms with Gasteiger partial charge in [0.15, 0.2) is 0 Å². The van der Waals surface area contributed by atoms with Crippen molar-refractivity contribution in [1.29, 1.82) is 0 Å². The lowest BCUT2D eigenvalue weighted by molar-refractivity contribution is -0.0445. The standard InChI is InChI=1S/C13H22N4O2/c1-3-11-8-19-10(2)6-17(11)13(18)12-7-16(5-4-14)9-15-12/h7,9-11H,3-6,8,14H2,1-2H3. The second-order valence-corrected chi connectivity index (χ2v) is 4.95. The van der Waals surface area contributed by atoms with Crippen LogP contribution >= 0.6 is 0 Å². The number of morpholine rings is 1. The summed E-state index contributed by atoms with van der Waals surface area (Å²) in [6, 6.07) is 0.142. The maximum Gasteiger partial charge on any atom is 0.274 e. The Balaban J connectivity index is 2.11. The van der Waals surface area contributed by atoms with E-state index in [1.165, 1.54) is 0 Å². The second-order valence-electron chi connectivity index (χ2n) is 4.95. The van der Waals surface area contributed by atoms with E-state index in [-0.39, 0.29) is 18.1 Å². The summed E-state index contributed by atoms with van der Waals surface area (Å²) in [5.41, 5.74) is 5.98. The molecule has 0 bridgehead atoms. The van der Waals surface area contributed by atoms with Crippen molar-refractivity contribution in [1.82, 2.24) is 14.5 Å². The fourth-order valence-corrected chi connectivity index (χ4v) is 2.32. The summed E-state index contributed by atoms with van der Waals surface area (Å²) in [6.07, 6.45) is 4.40. The van der Waals surface area contributed by atoms with Crippen LogP contribution in [0.1, 0.15) is 30.8 Å². The van der Waals surface area contributed by atoms with Gasteiger partial charge in [0, 0.05) is 25.8 Å². The van der Waals surface area contributed by atoms with Crippen LogP contribution in [0.4, 0.5) is 0 Å². The molecule has 106 valence electrons. The number of carbonyl (C=O) groups is 1. The van der Waals surface area contributed by atoms with E-state index in [1.54, 1.807) is 12.5 Å². The lowest BCUT2D eigenvalue weighted by atomic mass is 10.1. The van der Waals surface area contributed by atoms with E-state index in [1.807, 2.05) is 16.4 Å². The molecular formula is C13H22N4O2. The number of hydrogen-bond donors (Lipinski definition) is 1. The fraction of sp³-hybridized carbons (Fsp3) is 0.692. The molecule has 1 aliphatic rings. The molecule has 2 atom stereocenters. The van der Waals surface area contributed by atoms with E-state index < -0.39 is 0 Å². The number of aromatic nitrogens is 2. The molecule has 1 fully saturated rings. The Bertz CT molecular complexity index is 432. The van der Waals surface area contributed by atoms with Crippen molar-refractivity contribution in [2.75, 3.05) is 19.7 Å². The third kappa shape index (κ3) is 3.13. The molecule has 0 radical (unpaired) electrons. The predicted octanol–water partition coefficient (Wildman–Crippen LogP) is 0.481. The monoisotopic (exact) mass is 266 g/mol. The van der Waals surface area contributed by atoms with Crippen molar-refractivity contribution in [2.24, 2.45) is 5.73 Å². The molecule has 0 aliphatic carbocycles. The van der Waals surface area contributed by atoms with Crippen LogP contribution in [0.25, 0.3) is 0 Å². The van der Waals surface area contributed by atoms with Crippen LogP contribution in [0.3, 0.4) is 0 Å². The van der Waals surface area contributed by atoms with Crippen LogP contribution in [0, 0.1) is 0 Å². The van der Waals surface area contributed by atoms with Crippen molar-refractivity contribution in [3.63, 3.8) is 0 Å². The van der Waals surface area contributed by atoms with E-state index in [0.717, 1.165) is 6.42 Å². The number of amides is 1. The van der Waals surface area contributed by atoms with Gasteiger partial charge in [-0.25, -0.2) is 4.98 Å². The van der Waals surface area contributed by atoms with Crippen molar-refractivity contribution in [3.8, 4) is 0 Å². The predicted molar refractivity (Wildman–Crippen MR) is 71.8 cm³/mol. The van der Waals surface area contributed by atoms with Gasteiger partial charge in [-0.15, -0.1) is 0 Å². The average Bonchev–Trinajstić information content (AvgIpc) is 2.87. The number of imidazole rings is 1. The van der Waals surface area contributed by atoms with Gasteiger partial charge in [-0.3, -0.25) is 4.79 Å². The van der Waals surface area contributed by atoms with E-state index in [4.69, 9.17) is 10.5 Å². The molecule has 1 aromatic heterocycles. The first-order valence-corrected chi connectivity index (χ1v) is 6.80. The molecular weight excluding hydrogens is 244 g/mol. The smallest absolute Gasteiger partial charge is 0.274 e. The van der Waals surface area contributed by atoms with Gasteiger partial charge in [-0.05, 0) is 13.3 Å². The average molecular weight is 266 g/mol. The molecule has 1 aromatic rings. The zero-order valence-corrected chi connectivity index (χ0v) is 11.6. The van der Waals surface area contributed by atoms with E-state index >= 15 is 0 Å².